The summed E-state index contributed by atoms with van der Waals surface area (Å²) in [6.07, 6.45) is 6.23. The van der Waals surface area contributed by atoms with Crippen molar-refractivity contribution in [2.75, 3.05) is 6.54 Å². The van der Waals surface area contributed by atoms with E-state index in [0.29, 0.717) is 6.42 Å². The van der Waals surface area contributed by atoms with E-state index in [4.69, 9.17) is 0 Å². The number of carbonyl (C=O) groups is 1. The second kappa shape index (κ2) is 7.39. The summed E-state index contributed by atoms with van der Waals surface area (Å²) in [6.45, 7) is 5.62. The molecule has 1 amide bonds. The minimum absolute atomic E-state index is 0.184. The van der Waals surface area contributed by atoms with E-state index in [1.54, 1.807) is 6.20 Å². The highest BCUT2D eigenvalue weighted by molar-refractivity contribution is 5.80. The molecule has 140 valence electrons. The Bertz CT molecular complexity index is 914. The highest BCUT2D eigenvalue weighted by Gasteiger charge is 2.30. The summed E-state index contributed by atoms with van der Waals surface area (Å²) in [5.74, 6) is 0.184. The molecule has 1 atom stereocenters. The second-order valence-electron chi connectivity index (χ2n) is 7.18. The molecule has 1 aliphatic heterocycles. The molecule has 1 saturated heterocycles. The third-order valence-corrected chi connectivity index (χ3v) is 5.42. The minimum Gasteiger partial charge on any atom is -0.338 e. The molecule has 6 nitrogen and oxygen atoms in total. The van der Waals surface area contributed by atoms with Crippen molar-refractivity contribution in [3.8, 4) is 5.69 Å². The molecule has 1 fully saturated rings. The number of likely N-dealkylation sites (tertiary alicyclic amines) is 1. The first-order chi connectivity index (χ1) is 13.1. The summed E-state index contributed by atoms with van der Waals surface area (Å²) in [4.78, 5) is 15.1. The average Bonchev–Trinajstić information content (AvgIpc) is 3.41. The maximum Gasteiger partial charge on any atom is 0.227 e. The highest BCUT2D eigenvalue weighted by atomic mass is 16.2. The summed E-state index contributed by atoms with van der Waals surface area (Å²) in [5, 5.41) is 8.96. The number of hydrogen-bond acceptors (Lipinski definition) is 3. The average molecular weight is 363 g/mol. The maximum atomic E-state index is 13.1. The van der Waals surface area contributed by atoms with Crippen LogP contribution in [0, 0.1) is 13.8 Å². The maximum absolute atomic E-state index is 13.1. The third-order valence-electron chi connectivity index (χ3n) is 5.42. The van der Waals surface area contributed by atoms with Crippen LogP contribution in [0.4, 0.5) is 0 Å². The zero-order chi connectivity index (χ0) is 18.8. The van der Waals surface area contributed by atoms with Gasteiger partial charge >= 0.3 is 0 Å². The van der Waals surface area contributed by atoms with Crippen LogP contribution in [-0.2, 0) is 17.8 Å². The molecule has 1 aliphatic rings. The Kier molecular flexibility index (Phi) is 4.79. The minimum atomic E-state index is 0.184. The number of para-hydroxylation sites is 1. The first kappa shape index (κ1) is 17.5. The summed E-state index contributed by atoms with van der Waals surface area (Å²) in [5.41, 5.74) is 4.02. The molecule has 0 radical (unpaired) electrons. The van der Waals surface area contributed by atoms with Crippen LogP contribution in [0.2, 0.25) is 0 Å². The Hall–Kier alpha value is -2.89. The number of aryl methyl sites for hydroxylation is 1. The van der Waals surface area contributed by atoms with Crippen LogP contribution < -0.4 is 0 Å². The van der Waals surface area contributed by atoms with Crippen molar-refractivity contribution in [2.24, 2.45) is 0 Å². The van der Waals surface area contributed by atoms with E-state index in [-0.39, 0.29) is 11.9 Å². The van der Waals surface area contributed by atoms with E-state index in [9.17, 15) is 4.79 Å². The first-order valence-electron chi connectivity index (χ1n) is 9.51. The van der Waals surface area contributed by atoms with Crippen molar-refractivity contribution in [1.82, 2.24) is 24.5 Å². The lowest BCUT2D eigenvalue weighted by Crippen LogP contribution is -2.39. The van der Waals surface area contributed by atoms with Crippen molar-refractivity contribution < 1.29 is 4.79 Å². The molecule has 1 unspecified atom stereocenters. The van der Waals surface area contributed by atoms with Crippen LogP contribution in [0.5, 0.6) is 0 Å². The van der Waals surface area contributed by atoms with Gasteiger partial charge in [-0.1, -0.05) is 18.2 Å². The molecule has 0 spiro atoms. The van der Waals surface area contributed by atoms with Gasteiger partial charge in [0.2, 0.25) is 5.91 Å². The number of nitrogens with zero attached hydrogens (tertiary/aromatic N) is 5. The van der Waals surface area contributed by atoms with Gasteiger partial charge in [-0.3, -0.25) is 9.48 Å². The summed E-state index contributed by atoms with van der Waals surface area (Å²) in [6, 6.07) is 12.2. The molecule has 1 aromatic carbocycles. The van der Waals surface area contributed by atoms with E-state index in [2.05, 4.69) is 10.2 Å². The number of carbonyl (C=O) groups excluding carboxylic acids is 1. The number of hydrogen-bond donors (Lipinski definition) is 0. The van der Waals surface area contributed by atoms with Crippen molar-refractivity contribution in [2.45, 2.75) is 45.7 Å². The van der Waals surface area contributed by atoms with Crippen LogP contribution in [-0.4, -0.2) is 43.0 Å². The predicted octanol–water partition coefficient (Wildman–Crippen LogP) is 2.92. The zero-order valence-corrected chi connectivity index (χ0v) is 15.9. The summed E-state index contributed by atoms with van der Waals surface area (Å²) >= 11 is 0. The van der Waals surface area contributed by atoms with Crippen molar-refractivity contribution in [3.05, 3.63) is 65.7 Å². The molecule has 27 heavy (non-hydrogen) atoms. The fourth-order valence-corrected chi connectivity index (χ4v) is 3.98. The monoisotopic (exact) mass is 363 g/mol. The molecule has 2 aromatic heterocycles. The van der Waals surface area contributed by atoms with Gasteiger partial charge in [-0.2, -0.15) is 10.2 Å². The zero-order valence-electron chi connectivity index (χ0n) is 15.9. The van der Waals surface area contributed by atoms with E-state index < -0.39 is 0 Å². The van der Waals surface area contributed by atoms with E-state index in [1.165, 1.54) is 0 Å². The lowest BCUT2D eigenvalue weighted by molar-refractivity contribution is -0.131. The Labute approximate surface area is 159 Å². The molecule has 4 rings (SSSR count). The van der Waals surface area contributed by atoms with Crippen molar-refractivity contribution in [1.29, 1.82) is 0 Å². The molecule has 3 heterocycles. The van der Waals surface area contributed by atoms with Gasteiger partial charge < -0.3 is 4.90 Å². The Morgan fingerprint density at radius 1 is 1.19 bits per heavy atom. The fraction of sp³-hybridized carbons (Fsp3) is 0.381. The van der Waals surface area contributed by atoms with Gasteiger partial charge in [0.15, 0.2) is 0 Å². The number of benzene rings is 1. The number of rotatable bonds is 5. The summed E-state index contributed by atoms with van der Waals surface area (Å²) in [7, 11) is 0. The Morgan fingerprint density at radius 2 is 2.00 bits per heavy atom. The fourth-order valence-electron chi connectivity index (χ4n) is 3.98. The quantitative estimate of drug-likeness (QED) is 0.700. The number of amides is 1. The molecule has 0 saturated carbocycles. The van der Waals surface area contributed by atoms with E-state index >= 15 is 0 Å². The summed E-state index contributed by atoms with van der Waals surface area (Å²) < 4.78 is 3.85. The van der Waals surface area contributed by atoms with Crippen LogP contribution in [0.3, 0.4) is 0 Å². The van der Waals surface area contributed by atoms with Gasteiger partial charge in [0, 0.05) is 30.2 Å². The molecule has 0 N–H and O–H groups in total. The second-order valence-corrected chi connectivity index (χ2v) is 7.18. The first-order valence-corrected chi connectivity index (χ1v) is 9.51. The molecule has 3 aromatic rings. The SMILES string of the molecule is Cc1nn(-c2ccccc2)c(C)c1CC(=O)N1CCCC1Cn1cccn1. The van der Waals surface area contributed by atoms with Crippen LogP contribution in [0.25, 0.3) is 5.69 Å². The largest absolute Gasteiger partial charge is 0.338 e. The molecular formula is C21H25N5O. The normalized spacial score (nSPS) is 16.8. The standard InChI is InChI=1S/C21H25N5O/c1-16-20(17(2)26(23-16)18-8-4-3-5-9-18)14-21(27)25-13-6-10-19(25)15-24-12-7-11-22-24/h3-5,7-9,11-12,19H,6,10,13-15H2,1-2H3. The van der Waals surface area contributed by atoms with Crippen molar-refractivity contribution >= 4 is 5.91 Å². The topological polar surface area (TPSA) is 56.0 Å². The molecule has 6 heteroatoms. The van der Waals surface area contributed by atoms with Gasteiger partial charge in [0.05, 0.1) is 30.4 Å². The lowest BCUT2D eigenvalue weighted by atomic mass is 10.1. The highest BCUT2D eigenvalue weighted by Crippen LogP contribution is 2.23. The van der Waals surface area contributed by atoms with Crippen LogP contribution in [0.15, 0.2) is 48.8 Å². The Balaban J connectivity index is 1.52. The van der Waals surface area contributed by atoms with Gasteiger partial charge in [-0.05, 0) is 44.9 Å². The van der Waals surface area contributed by atoms with E-state index in [1.807, 2.05) is 70.7 Å². The lowest BCUT2D eigenvalue weighted by Gasteiger charge is -2.25. The van der Waals surface area contributed by atoms with Crippen molar-refractivity contribution in [3.63, 3.8) is 0 Å². The molecular weight excluding hydrogens is 338 g/mol. The Morgan fingerprint density at radius 3 is 2.74 bits per heavy atom. The van der Waals surface area contributed by atoms with Gasteiger partial charge in [0.1, 0.15) is 0 Å². The van der Waals surface area contributed by atoms with Crippen LogP contribution in [0.1, 0.15) is 29.8 Å². The molecule has 0 aliphatic carbocycles. The smallest absolute Gasteiger partial charge is 0.227 e. The van der Waals surface area contributed by atoms with Gasteiger partial charge in [-0.15, -0.1) is 0 Å². The van der Waals surface area contributed by atoms with Crippen LogP contribution >= 0.6 is 0 Å². The molecule has 0 bridgehead atoms. The predicted molar refractivity (Wildman–Crippen MR) is 104 cm³/mol. The third kappa shape index (κ3) is 3.52. The van der Waals surface area contributed by atoms with Gasteiger partial charge in [0.25, 0.3) is 0 Å². The van der Waals surface area contributed by atoms with Gasteiger partial charge in [-0.25, -0.2) is 4.68 Å². The van der Waals surface area contributed by atoms with E-state index in [0.717, 1.165) is 48.6 Å². The number of aromatic nitrogens is 4.